The molecule has 0 aliphatic carbocycles. The number of nitrogens with one attached hydrogen (secondary N) is 1. The monoisotopic (exact) mass is 307 g/mol. The summed E-state index contributed by atoms with van der Waals surface area (Å²) in [6.45, 7) is 0. The van der Waals surface area contributed by atoms with Gasteiger partial charge < -0.3 is 10.4 Å². The van der Waals surface area contributed by atoms with Crippen molar-refractivity contribution in [2.24, 2.45) is 7.05 Å². The van der Waals surface area contributed by atoms with Crippen LogP contribution in [0.3, 0.4) is 0 Å². The number of aryl methyl sites for hydroxylation is 1. The van der Waals surface area contributed by atoms with Gasteiger partial charge in [-0.1, -0.05) is 12.1 Å². The Balaban J connectivity index is 2.00. The SMILES string of the molecule is Cn1nnnc1-c1cccc(NC(=O)CSCC(=O)O)c1. The highest BCUT2D eigenvalue weighted by Gasteiger charge is 2.08. The number of anilines is 1. The third kappa shape index (κ3) is 4.28. The molecule has 2 rings (SSSR count). The average molecular weight is 307 g/mol. The van der Waals surface area contributed by atoms with E-state index in [-0.39, 0.29) is 17.4 Å². The number of thioether (sulfide) groups is 1. The normalized spacial score (nSPS) is 10.3. The number of hydrogen-bond acceptors (Lipinski definition) is 6. The van der Waals surface area contributed by atoms with Crippen LogP contribution in [-0.2, 0) is 16.6 Å². The molecule has 1 aromatic heterocycles. The zero-order valence-electron chi connectivity index (χ0n) is 11.2. The third-order valence-electron chi connectivity index (χ3n) is 2.48. The first-order valence-electron chi connectivity index (χ1n) is 5.98. The Morgan fingerprint density at radius 1 is 1.38 bits per heavy atom. The summed E-state index contributed by atoms with van der Waals surface area (Å²) in [6.07, 6.45) is 0. The van der Waals surface area contributed by atoms with E-state index in [4.69, 9.17) is 5.11 Å². The molecule has 1 heterocycles. The van der Waals surface area contributed by atoms with Crippen molar-refractivity contribution in [3.63, 3.8) is 0 Å². The van der Waals surface area contributed by atoms with Crippen molar-refractivity contribution in [1.29, 1.82) is 0 Å². The molecule has 9 heteroatoms. The number of aliphatic carboxylic acids is 1. The van der Waals surface area contributed by atoms with E-state index in [1.54, 1.807) is 25.2 Å². The van der Waals surface area contributed by atoms with E-state index in [1.807, 2.05) is 6.07 Å². The number of rotatable bonds is 6. The number of benzene rings is 1. The molecule has 2 N–H and O–H groups in total. The van der Waals surface area contributed by atoms with Gasteiger partial charge >= 0.3 is 5.97 Å². The summed E-state index contributed by atoms with van der Waals surface area (Å²) in [5.41, 5.74) is 1.38. The highest BCUT2D eigenvalue weighted by Crippen LogP contribution is 2.19. The van der Waals surface area contributed by atoms with E-state index in [0.29, 0.717) is 11.5 Å². The van der Waals surface area contributed by atoms with Crippen LogP contribution in [0.25, 0.3) is 11.4 Å². The molecule has 0 unspecified atom stereocenters. The molecule has 0 saturated carbocycles. The third-order valence-corrected chi connectivity index (χ3v) is 3.40. The molecule has 0 spiro atoms. The maximum absolute atomic E-state index is 11.7. The van der Waals surface area contributed by atoms with E-state index >= 15 is 0 Å². The average Bonchev–Trinajstić information content (AvgIpc) is 2.85. The van der Waals surface area contributed by atoms with Crippen LogP contribution in [0.4, 0.5) is 5.69 Å². The van der Waals surface area contributed by atoms with Gasteiger partial charge in [0.05, 0.1) is 11.5 Å². The number of tetrazole rings is 1. The summed E-state index contributed by atoms with van der Waals surface area (Å²) in [5, 5.41) is 22.4. The van der Waals surface area contributed by atoms with Crippen LogP contribution in [0.15, 0.2) is 24.3 Å². The van der Waals surface area contributed by atoms with Crippen molar-refractivity contribution >= 4 is 29.3 Å². The second kappa shape index (κ2) is 6.84. The van der Waals surface area contributed by atoms with Gasteiger partial charge in [0, 0.05) is 18.3 Å². The fraction of sp³-hybridized carbons (Fsp3) is 0.250. The molecule has 0 atom stereocenters. The van der Waals surface area contributed by atoms with Gasteiger partial charge in [-0.3, -0.25) is 9.59 Å². The Hall–Kier alpha value is -2.42. The van der Waals surface area contributed by atoms with Crippen molar-refractivity contribution in [2.45, 2.75) is 0 Å². The topological polar surface area (TPSA) is 110 Å². The number of nitrogens with zero attached hydrogens (tertiary/aromatic N) is 4. The van der Waals surface area contributed by atoms with Gasteiger partial charge in [0.15, 0.2) is 5.82 Å². The van der Waals surface area contributed by atoms with Gasteiger partial charge in [0.2, 0.25) is 5.91 Å². The maximum atomic E-state index is 11.7. The molecule has 110 valence electrons. The highest BCUT2D eigenvalue weighted by atomic mass is 32.2. The fourth-order valence-electron chi connectivity index (χ4n) is 1.64. The maximum Gasteiger partial charge on any atom is 0.313 e. The lowest BCUT2D eigenvalue weighted by molar-refractivity contribution is -0.133. The highest BCUT2D eigenvalue weighted by molar-refractivity contribution is 8.00. The predicted octanol–water partition coefficient (Wildman–Crippen LogP) is 0.633. The van der Waals surface area contributed by atoms with Gasteiger partial charge in [0.25, 0.3) is 0 Å². The van der Waals surface area contributed by atoms with Crippen molar-refractivity contribution < 1.29 is 14.7 Å². The molecule has 2 aromatic rings. The van der Waals surface area contributed by atoms with Crippen LogP contribution < -0.4 is 5.32 Å². The molecule has 0 radical (unpaired) electrons. The Morgan fingerprint density at radius 2 is 2.19 bits per heavy atom. The number of carbonyl (C=O) groups excluding carboxylic acids is 1. The number of hydrogen-bond donors (Lipinski definition) is 2. The fourth-order valence-corrected chi connectivity index (χ4v) is 2.17. The second-order valence-electron chi connectivity index (χ2n) is 4.14. The van der Waals surface area contributed by atoms with Gasteiger partial charge in [-0.05, 0) is 22.6 Å². The predicted molar refractivity (Wildman–Crippen MR) is 77.8 cm³/mol. The Morgan fingerprint density at radius 3 is 2.86 bits per heavy atom. The summed E-state index contributed by atoms with van der Waals surface area (Å²) in [5.74, 6) is -0.620. The molecule has 1 aromatic carbocycles. The lowest BCUT2D eigenvalue weighted by atomic mass is 10.2. The lowest BCUT2D eigenvalue weighted by Gasteiger charge is -2.06. The van der Waals surface area contributed by atoms with Gasteiger partial charge in [0.1, 0.15) is 0 Å². The van der Waals surface area contributed by atoms with Crippen LogP contribution >= 0.6 is 11.8 Å². The van der Waals surface area contributed by atoms with E-state index in [9.17, 15) is 9.59 Å². The lowest BCUT2D eigenvalue weighted by Crippen LogP contribution is -2.15. The molecule has 1 amide bonds. The number of carbonyl (C=O) groups is 2. The Kier molecular flexibility index (Phi) is 4.88. The molecule has 0 aliphatic rings. The number of carboxylic acid groups (broad SMARTS) is 1. The summed E-state index contributed by atoms with van der Waals surface area (Å²) in [6, 6.07) is 7.11. The number of carboxylic acids is 1. The van der Waals surface area contributed by atoms with Crippen LogP contribution in [0.2, 0.25) is 0 Å². The van der Waals surface area contributed by atoms with Crippen molar-refractivity contribution in [3.05, 3.63) is 24.3 Å². The van der Waals surface area contributed by atoms with E-state index in [2.05, 4.69) is 20.8 Å². The molecule has 0 saturated heterocycles. The van der Waals surface area contributed by atoms with Crippen LogP contribution in [0.5, 0.6) is 0 Å². The first-order chi connectivity index (χ1) is 10.1. The summed E-state index contributed by atoms with van der Waals surface area (Å²) < 4.78 is 1.53. The minimum Gasteiger partial charge on any atom is -0.481 e. The standard InChI is InChI=1S/C12H13N5O3S/c1-17-12(14-15-16-17)8-3-2-4-9(5-8)13-10(18)6-21-7-11(19)20/h2-5H,6-7H2,1H3,(H,13,18)(H,19,20). The zero-order chi connectivity index (χ0) is 15.2. The zero-order valence-corrected chi connectivity index (χ0v) is 12.0. The molecule has 8 nitrogen and oxygen atoms in total. The number of amides is 1. The Labute approximate surface area is 124 Å². The Bertz CT molecular complexity index is 658. The molecule has 0 bridgehead atoms. The minimum absolute atomic E-state index is 0.0854. The smallest absolute Gasteiger partial charge is 0.313 e. The second-order valence-corrected chi connectivity index (χ2v) is 5.13. The van der Waals surface area contributed by atoms with Crippen molar-refractivity contribution in [3.8, 4) is 11.4 Å². The van der Waals surface area contributed by atoms with Crippen molar-refractivity contribution in [2.75, 3.05) is 16.8 Å². The molecular weight excluding hydrogens is 294 g/mol. The van der Waals surface area contributed by atoms with Crippen LogP contribution in [-0.4, -0.2) is 48.7 Å². The number of aromatic nitrogens is 4. The van der Waals surface area contributed by atoms with E-state index < -0.39 is 5.97 Å². The first kappa shape index (κ1) is 15.0. The summed E-state index contributed by atoms with van der Waals surface area (Å²) in [7, 11) is 1.73. The molecule has 0 fully saturated rings. The quantitative estimate of drug-likeness (QED) is 0.805. The molecular formula is C12H13N5O3S. The van der Waals surface area contributed by atoms with E-state index in [1.165, 1.54) is 4.68 Å². The minimum atomic E-state index is -0.940. The van der Waals surface area contributed by atoms with E-state index in [0.717, 1.165) is 17.3 Å². The molecule has 21 heavy (non-hydrogen) atoms. The summed E-state index contributed by atoms with van der Waals surface area (Å²) in [4.78, 5) is 22.1. The largest absolute Gasteiger partial charge is 0.481 e. The van der Waals surface area contributed by atoms with Gasteiger partial charge in [-0.2, -0.15) is 0 Å². The summed E-state index contributed by atoms with van der Waals surface area (Å²) >= 11 is 1.05. The van der Waals surface area contributed by atoms with Crippen LogP contribution in [0.1, 0.15) is 0 Å². The first-order valence-corrected chi connectivity index (χ1v) is 7.14. The van der Waals surface area contributed by atoms with Crippen LogP contribution in [0, 0.1) is 0 Å². The molecule has 0 aliphatic heterocycles. The van der Waals surface area contributed by atoms with Gasteiger partial charge in [-0.25, -0.2) is 4.68 Å². The van der Waals surface area contributed by atoms with Crippen molar-refractivity contribution in [1.82, 2.24) is 20.2 Å². The van der Waals surface area contributed by atoms with Gasteiger partial charge in [-0.15, -0.1) is 16.9 Å².